The zero-order valence-corrected chi connectivity index (χ0v) is 26.1. The van der Waals surface area contributed by atoms with Crippen molar-refractivity contribution in [1.29, 1.82) is 0 Å². The Morgan fingerprint density at radius 3 is 2.18 bits per heavy atom. The van der Waals surface area contributed by atoms with Crippen LogP contribution in [0.3, 0.4) is 0 Å². The van der Waals surface area contributed by atoms with E-state index in [9.17, 15) is 14.7 Å². The van der Waals surface area contributed by atoms with Gasteiger partial charge < -0.3 is 24.3 Å². The lowest BCUT2D eigenvalue weighted by atomic mass is 10.0. The lowest BCUT2D eigenvalue weighted by molar-refractivity contribution is -0.140. The summed E-state index contributed by atoms with van der Waals surface area (Å²) < 4.78 is 13.7. The molecule has 1 heterocycles. The van der Waals surface area contributed by atoms with E-state index in [4.69, 9.17) is 14.6 Å². The number of carbonyl (C=O) groups is 2. The van der Waals surface area contributed by atoms with Gasteiger partial charge in [-0.25, -0.2) is 4.79 Å². The Morgan fingerprint density at radius 1 is 0.886 bits per heavy atom. The molecule has 0 bridgehead atoms. The highest BCUT2D eigenvalue weighted by Crippen LogP contribution is 2.34. The van der Waals surface area contributed by atoms with Crippen molar-refractivity contribution in [3.05, 3.63) is 106 Å². The molecule has 3 aromatic carbocycles. The van der Waals surface area contributed by atoms with Crippen LogP contribution >= 0.6 is 0 Å². The highest BCUT2D eigenvalue weighted by atomic mass is 16.5. The molecule has 0 aliphatic carbocycles. The number of hydrogen-bond donors (Lipinski definition) is 2. The smallest absolute Gasteiger partial charge is 0.326 e. The van der Waals surface area contributed by atoms with E-state index >= 15 is 0 Å². The number of aromatic nitrogens is 1. The number of aryl methyl sites for hydroxylation is 4. The molecule has 0 saturated carbocycles. The molecule has 0 spiro atoms. The number of benzene rings is 3. The van der Waals surface area contributed by atoms with Crippen LogP contribution in [0.4, 0.5) is 0 Å². The van der Waals surface area contributed by atoms with Crippen LogP contribution in [0, 0.1) is 27.7 Å². The van der Waals surface area contributed by atoms with E-state index in [0.29, 0.717) is 26.1 Å². The van der Waals surface area contributed by atoms with Crippen molar-refractivity contribution in [2.24, 2.45) is 0 Å². The second kappa shape index (κ2) is 14.6. The van der Waals surface area contributed by atoms with E-state index < -0.39 is 18.0 Å². The third-order valence-electron chi connectivity index (χ3n) is 7.77. The van der Waals surface area contributed by atoms with E-state index in [1.807, 2.05) is 78.3 Å². The highest BCUT2D eigenvalue weighted by Gasteiger charge is 2.23. The Labute approximate surface area is 259 Å². The van der Waals surface area contributed by atoms with Gasteiger partial charge in [0.1, 0.15) is 30.8 Å². The Bertz CT molecular complexity index is 1670. The molecule has 1 aromatic heterocycles. The standard InChI is InChI=1S/C37H41NO6/c1-24-22-25(2)36(26(3)23-24)44-21-7-6-20-43-31-18-15-29(16-19-31)14-17-30-10-8-12-33-32(11-9-13-34(39)40)27(4)38(35(30)33)28(5)37(41)42/h6-8,10,12,14-19,22-23,28H,9,11,13,20-21H2,1-5H3,(H,39,40)(H,41,42)/b7-6+,17-14+. The summed E-state index contributed by atoms with van der Waals surface area (Å²) in [6, 6.07) is 17.2. The summed E-state index contributed by atoms with van der Waals surface area (Å²) in [5.41, 5.74) is 8.05. The average Bonchev–Trinajstić information content (AvgIpc) is 3.26. The van der Waals surface area contributed by atoms with Crippen LogP contribution in [0.15, 0.2) is 66.7 Å². The van der Waals surface area contributed by atoms with E-state index in [2.05, 4.69) is 32.9 Å². The van der Waals surface area contributed by atoms with Crippen LogP contribution in [0.1, 0.15) is 64.9 Å². The van der Waals surface area contributed by atoms with Gasteiger partial charge in [-0.1, -0.05) is 60.2 Å². The van der Waals surface area contributed by atoms with Gasteiger partial charge in [0.25, 0.3) is 0 Å². The number of nitrogens with zero attached hydrogens (tertiary/aromatic N) is 1. The molecule has 7 nitrogen and oxygen atoms in total. The van der Waals surface area contributed by atoms with Gasteiger partial charge in [-0.05, 0) is 99.6 Å². The molecular weight excluding hydrogens is 554 g/mol. The average molecular weight is 596 g/mol. The highest BCUT2D eigenvalue weighted by molar-refractivity contribution is 5.95. The predicted octanol–water partition coefficient (Wildman–Crippen LogP) is 8.11. The van der Waals surface area contributed by atoms with Crippen molar-refractivity contribution in [3.8, 4) is 11.5 Å². The number of hydrogen-bond acceptors (Lipinski definition) is 4. The number of aliphatic carboxylic acids is 2. The Balaban J connectivity index is 1.43. The first-order valence-electron chi connectivity index (χ1n) is 14.9. The van der Waals surface area contributed by atoms with E-state index in [-0.39, 0.29) is 6.42 Å². The van der Waals surface area contributed by atoms with Crippen LogP contribution < -0.4 is 9.47 Å². The van der Waals surface area contributed by atoms with Gasteiger partial charge in [0, 0.05) is 17.5 Å². The summed E-state index contributed by atoms with van der Waals surface area (Å²) in [7, 11) is 0. The van der Waals surface area contributed by atoms with Crippen LogP contribution in [0.2, 0.25) is 0 Å². The number of ether oxygens (including phenoxy) is 2. The maximum atomic E-state index is 12.0. The van der Waals surface area contributed by atoms with Gasteiger partial charge in [-0.2, -0.15) is 0 Å². The monoisotopic (exact) mass is 595 g/mol. The lowest BCUT2D eigenvalue weighted by Gasteiger charge is -2.15. The minimum Gasteiger partial charge on any atom is -0.490 e. The molecule has 4 rings (SSSR count). The van der Waals surface area contributed by atoms with Crippen molar-refractivity contribution in [2.75, 3.05) is 13.2 Å². The number of fused-ring (bicyclic) bond motifs is 1. The second-order valence-corrected chi connectivity index (χ2v) is 11.2. The molecule has 230 valence electrons. The molecule has 0 saturated heterocycles. The van der Waals surface area contributed by atoms with Gasteiger partial charge >= 0.3 is 11.9 Å². The quantitative estimate of drug-likeness (QED) is 0.113. The van der Waals surface area contributed by atoms with Crippen LogP contribution in [-0.2, 0) is 16.0 Å². The predicted molar refractivity (Wildman–Crippen MR) is 176 cm³/mol. The fourth-order valence-corrected chi connectivity index (χ4v) is 5.71. The third-order valence-corrected chi connectivity index (χ3v) is 7.77. The minimum atomic E-state index is -0.921. The molecule has 44 heavy (non-hydrogen) atoms. The molecule has 0 amide bonds. The Hall–Kier alpha value is -4.78. The van der Waals surface area contributed by atoms with Crippen molar-refractivity contribution in [1.82, 2.24) is 4.57 Å². The summed E-state index contributed by atoms with van der Waals surface area (Å²) >= 11 is 0. The third kappa shape index (κ3) is 7.78. The maximum absolute atomic E-state index is 12.0. The van der Waals surface area contributed by atoms with Gasteiger partial charge in [0.2, 0.25) is 0 Å². The first-order valence-corrected chi connectivity index (χ1v) is 14.9. The van der Waals surface area contributed by atoms with Crippen molar-refractivity contribution < 1.29 is 29.3 Å². The molecule has 0 aliphatic rings. The van der Waals surface area contributed by atoms with E-state index in [0.717, 1.165) is 55.9 Å². The largest absolute Gasteiger partial charge is 0.490 e. The van der Waals surface area contributed by atoms with Gasteiger partial charge in [0.05, 0.1) is 5.52 Å². The van der Waals surface area contributed by atoms with Crippen molar-refractivity contribution >= 4 is 35.0 Å². The Morgan fingerprint density at radius 2 is 1.55 bits per heavy atom. The van der Waals surface area contributed by atoms with Crippen LogP contribution in [-0.4, -0.2) is 39.9 Å². The van der Waals surface area contributed by atoms with Gasteiger partial charge in [0.15, 0.2) is 0 Å². The number of para-hydroxylation sites is 1. The topological polar surface area (TPSA) is 98.0 Å². The number of carboxylic acid groups (broad SMARTS) is 2. The van der Waals surface area contributed by atoms with Gasteiger partial charge in [-0.15, -0.1) is 0 Å². The number of carboxylic acids is 2. The second-order valence-electron chi connectivity index (χ2n) is 11.2. The summed E-state index contributed by atoms with van der Waals surface area (Å²) in [5, 5.41) is 19.9. The molecule has 0 fully saturated rings. The Kier molecular flexibility index (Phi) is 10.7. The van der Waals surface area contributed by atoms with Crippen molar-refractivity contribution in [2.45, 2.75) is 59.9 Å². The lowest BCUT2D eigenvalue weighted by Crippen LogP contribution is -2.17. The van der Waals surface area contributed by atoms with Crippen LogP contribution in [0.5, 0.6) is 11.5 Å². The summed E-state index contributed by atoms with van der Waals surface area (Å²) in [6.07, 6.45) is 9.00. The fourth-order valence-electron chi connectivity index (χ4n) is 5.71. The van der Waals surface area contributed by atoms with E-state index in [1.165, 1.54) is 5.56 Å². The van der Waals surface area contributed by atoms with Crippen molar-refractivity contribution in [3.63, 3.8) is 0 Å². The maximum Gasteiger partial charge on any atom is 0.326 e. The molecule has 1 atom stereocenters. The summed E-state index contributed by atoms with van der Waals surface area (Å²) in [6.45, 7) is 10.7. The zero-order chi connectivity index (χ0) is 31.8. The van der Waals surface area contributed by atoms with E-state index in [1.54, 1.807) is 6.92 Å². The molecule has 2 N–H and O–H groups in total. The summed E-state index contributed by atoms with van der Waals surface area (Å²) in [5.74, 6) is -0.0755. The summed E-state index contributed by atoms with van der Waals surface area (Å²) in [4.78, 5) is 23.1. The molecule has 7 heteroatoms. The fraction of sp³-hybridized carbons (Fsp3) is 0.297. The first-order chi connectivity index (χ1) is 21.1. The zero-order valence-electron chi connectivity index (χ0n) is 26.1. The van der Waals surface area contributed by atoms with Crippen LogP contribution in [0.25, 0.3) is 23.1 Å². The molecule has 1 unspecified atom stereocenters. The normalized spacial score (nSPS) is 12.3. The molecular formula is C37H41NO6. The first kappa shape index (κ1) is 32.1. The van der Waals surface area contributed by atoms with Gasteiger partial charge in [-0.3, -0.25) is 4.79 Å². The SMILES string of the molecule is Cc1cc(C)c(OC/C=C/COc2ccc(/C=C/c3cccc4c(CCCC(=O)O)c(C)n(C(C)C(=O)O)c34)cc2)c(C)c1. The number of rotatable bonds is 14. The minimum absolute atomic E-state index is 0.0675. The molecule has 0 aliphatic heterocycles. The molecule has 0 radical (unpaired) electrons. The molecule has 4 aromatic rings.